The number of rotatable bonds is 0. The summed E-state index contributed by atoms with van der Waals surface area (Å²) >= 11 is 0. The third kappa shape index (κ3) is 3.18. The van der Waals surface area contributed by atoms with Crippen molar-refractivity contribution in [1.29, 1.82) is 10.5 Å². The molecule has 19 heavy (non-hydrogen) atoms. The Morgan fingerprint density at radius 1 is 0.842 bits per heavy atom. The van der Waals surface area contributed by atoms with Gasteiger partial charge < -0.3 is 42.2 Å². The van der Waals surface area contributed by atoms with Crippen molar-refractivity contribution in [3.8, 4) is 11.4 Å². The Morgan fingerprint density at radius 2 is 1.16 bits per heavy atom. The van der Waals surface area contributed by atoms with Gasteiger partial charge in [-0.2, -0.15) is 0 Å². The summed E-state index contributed by atoms with van der Waals surface area (Å²) in [7, 11) is 4.06. The van der Waals surface area contributed by atoms with Gasteiger partial charge in [0.15, 0.2) is 0 Å². The maximum absolute atomic E-state index is 6.25. The van der Waals surface area contributed by atoms with E-state index in [0.717, 1.165) is 0 Å². The van der Waals surface area contributed by atoms with Gasteiger partial charge in [0.1, 0.15) is 0 Å². The predicted octanol–water partition coefficient (Wildman–Crippen LogP) is 1.57. The number of hydrogen-bond acceptors (Lipinski definition) is 2. The second-order valence-corrected chi connectivity index (χ2v) is 3.69. The Bertz CT molecular complexity index is 565. The molecule has 3 heterocycles. The van der Waals surface area contributed by atoms with Gasteiger partial charge in [-0.25, -0.2) is 0 Å². The van der Waals surface area contributed by atoms with Crippen LogP contribution in [-0.2, 0) is 35.2 Å². The molecule has 0 radical (unpaired) electrons. The van der Waals surface area contributed by atoms with Crippen LogP contribution in [0.5, 0.6) is 0 Å². The second-order valence-electron chi connectivity index (χ2n) is 3.69. The molecule has 0 aromatic heterocycles. The molecule has 3 rings (SSSR count). The number of imidazole rings is 2. The maximum atomic E-state index is 6.25. The van der Waals surface area contributed by atoms with E-state index in [2.05, 4.69) is 55.7 Å². The zero-order valence-electron chi connectivity index (χ0n) is 10.5. The van der Waals surface area contributed by atoms with Crippen LogP contribution in [0, 0.1) is 23.7 Å². The number of nitrogens with zero attached hydrogens (tertiary/aromatic N) is 6. The van der Waals surface area contributed by atoms with Crippen molar-refractivity contribution in [3.05, 3.63) is 50.3 Å². The van der Waals surface area contributed by atoms with E-state index in [1.807, 2.05) is 14.1 Å². The molecule has 7 heteroatoms. The minimum atomic E-state index is 0. The molecule has 0 fully saturated rings. The third-order valence-electron chi connectivity index (χ3n) is 2.44. The first kappa shape index (κ1) is 16.8. The molecule has 0 saturated heterocycles. The first-order valence-electron chi connectivity index (χ1n) is 5.03. The number of hydrogen-bond donors (Lipinski definition) is 0. The van der Waals surface area contributed by atoms with E-state index in [1.165, 1.54) is 11.4 Å². The molecule has 0 saturated carbocycles. The fraction of sp³-hybridized carbons (Fsp3) is 0.167. The Hall–Kier alpha value is -2.17. The fourth-order valence-corrected chi connectivity index (χ4v) is 1.85. The van der Waals surface area contributed by atoms with Crippen molar-refractivity contribution < 1.29 is 21.1 Å². The summed E-state index contributed by atoms with van der Waals surface area (Å²) in [6, 6.07) is 4.24. The molecule has 0 aromatic rings. The van der Waals surface area contributed by atoms with Gasteiger partial charge in [-0.1, -0.05) is 11.4 Å². The molecule has 0 bridgehead atoms. The van der Waals surface area contributed by atoms with Crippen molar-refractivity contribution in [2.75, 3.05) is 0 Å². The van der Waals surface area contributed by atoms with Crippen molar-refractivity contribution >= 4 is 0 Å². The van der Waals surface area contributed by atoms with Crippen LogP contribution in [0.4, 0.5) is 0 Å². The van der Waals surface area contributed by atoms with Crippen molar-refractivity contribution in [2.24, 2.45) is 14.1 Å². The quantitative estimate of drug-likeness (QED) is 0.504. The van der Waals surface area contributed by atoms with Crippen molar-refractivity contribution in [3.63, 3.8) is 0 Å². The van der Waals surface area contributed by atoms with E-state index >= 15 is 0 Å². The van der Waals surface area contributed by atoms with Gasteiger partial charge in [0, 0.05) is 0 Å². The van der Waals surface area contributed by atoms with Crippen LogP contribution in [0.25, 0.3) is 11.4 Å². The Kier molecular flexibility index (Phi) is 6.47. The van der Waals surface area contributed by atoms with Gasteiger partial charge in [-0.3, -0.25) is 0 Å². The van der Waals surface area contributed by atoms with Crippen LogP contribution >= 0.6 is 0 Å². The largest absolute Gasteiger partial charge is 4.00 e. The van der Waals surface area contributed by atoms with Gasteiger partial charge >= 0.3 is 21.1 Å². The maximum Gasteiger partial charge on any atom is 4.00 e. The SMILES string of the molecule is Cn1cc2ccc3cn(C)[cH-]n-3n-2[cH-]1.[C-]#N.[C-]#N.[Pt+4]. The Balaban J connectivity index is 0.000000597. The second kappa shape index (κ2) is 7.30. The summed E-state index contributed by atoms with van der Waals surface area (Å²) in [6.07, 6.45) is 8.31. The van der Waals surface area contributed by atoms with Gasteiger partial charge in [0.05, 0.1) is 0 Å². The van der Waals surface area contributed by atoms with Crippen molar-refractivity contribution in [2.45, 2.75) is 0 Å². The average molecular weight is 435 g/mol. The summed E-state index contributed by atoms with van der Waals surface area (Å²) in [4.78, 5) is 0. The van der Waals surface area contributed by atoms with E-state index in [1.54, 1.807) is 0 Å². The van der Waals surface area contributed by atoms with E-state index in [4.69, 9.17) is 23.7 Å². The van der Waals surface area contributed by atoms with Crippen molar-refractivity contribution in [1.82, 2.24) is 18.5 Å². The van der Waals surface area contributed by atoms with Crippen LogP contribution in [0.1, 0.15) is 0 Å². The van der Waals surface area contributed by atoms with E-state index in [9.17, 15) is 0 Å². The summed E-state index contributed by atoms with van der Waals surface area (Å²) in [5.74, 6) is 0. The normalized spacial score (nSPS) is 8.74. The van der Waals surface area contributed by atoms with Crippen LogP contribution in [0.15, 0.2) is 37.2 Å². The topological polar surface area (TPSA) is 67.3 Å². The molecule has 3 aliphatic rings. The average Bonchev–Trinajstić information content (AvgIpc) is 2.95. The van der Waals surface area contributed by atoms with Crippen LogP contribution in [0.2, 0.25) is 0 Å². The molecule has 6 nitrogen and oxygen atoms in total. The predicted molar refractivity (Wildman–Crippen MR) is 64.2 cm³/mol. The minimum Gasteiger partial charge on any atom is -0.512 e. The first-order chi connectivity index (χ1) is 8.74. The van der Waals surface area contributed by atoms with E-state index in [-0.39, 0.29) is 21.1 Å². The Labute approximate surface area is 126 Å². The molecule has 0 spiro atoms. The van der Waals surface area contributed by atoms with Crippen LogP contribution in [0.3, 0.4) is 0 Å². The molecule has 0 aromatic carbocycles. The summed E-state index contributed by atoms with van der Waals surface area (Å²) in [6.45, 7) is 9.50. The van der Waals surface area contributed by atoms with E-state index in [0.29, 0.717) is 0 Å². The molecular formula is C12H12N6Pt. The fourth-order valence-electron chi connectivity index (χ4n) is 1.85. The molecule has 0 amide bonds. The van der Waals surface area contributed by atoms with E-state index < -0.39 is 0 Å². The van der Waals surface area contributed by atoms with Gasteiger partial charge in [0.2, 0.25) is 0 Å². The number of fused-ring (bicyclic) bond motifs is 3. The van der Waals surface area contributed by atoms with Gasteiger partial charge in [0.25, 0.3) is 0 Å². The molecule has 100 valence electrons. The first-order valence-corrected chi connectivity index (χ1v) is 5.03. The third-order valence-corrected chi connectivity index (χ3v) is 2.44. The Morgan fingerprint density at radius 3 is 1.47 bits per heavy atom. The minimum absolute atomic E-state index is 0. The molecule has 0 aliphatic carbocycles. The summed E-state index contributed by atoms with van der Waals surface area (Å²) in [5, 5.41) is 12.5. The zero-order chi connectivity index (χ0) is 13.7. The molecule has 0 atom stereocenters. The standard InChI is InChI=1S/C10H12N4.2CN.Pt/c1-11-5-9-3-4-10-6-12(2)8-14(10)13(9)7-11;2*1-2;/h3-8H,1-2H3;;;/q-2;2*-1;+4. The molecular weight excluding hydrogens is 423 g/mol. The molecule has 0 unspecified atom stereocenters. The van der Waals surface area contributed by atoms with Crippen LogP contribution in [-0.4, -0.2) is 18.5 Å². The summed E-state index contributed by atoms with van der Waals surface area (Å²) < 4.78 is 8.34. The molecule has 0 N–H and O–H groups in total. The smallest absolute Gasteiger partial charge is 0.512 e. The van der Waals surface area contributed by atoms with Gasteiger partial charge in [-0.05, 0) is 26.7 Å². The monoisotopic (exact) mass is 435 g/mol. The zero-order valence-corrected chi connectivity index (χ0v) is 12.7. The number of aryl methyl sites for hydroxylation is 2. The van der Waals surface area contributed by atoms with Gasteiger partial charge in [-0.15, -0.1) is 24.5 Å². The van der Waals surface area contributed by atoms with Crippen LogP contribution < -0.4 is 0 Å². The number of aromatic nitrogens is 4. The summed E-state index contributed by atoms with van der Waals surface area (Å²) in [5.41, 5.74) is 2.38. The molecule has 3 aliphatic heterocycles.